The fraction of sp³-hybridized carbons (Fsp3) is 0. The molecule has 0 aliphatic rings. The van der Waals surface area contributed by atoms with Crippen molar-refractivity contribution in [2.45, 2.75) is 0 Å². The van der Waals surface area contributed by atoms with Gasteiger partial charge in [-0.1, -0.05) is 29.3 Å². The summed E-state index contributed by atoms with van der Waals surface area (Å²) in [5.41, 5.74) is 4.58. The summed E-state index contributed by atoms with van der Waals surface area (Å²) in [5, 5.41) is 7.69. The Morgan fingerprint density at radius 3 is 2.90 bits per heavy atom. The van der Waals surface area contributed by atoms with Crippen molar-refractivity contribution in [3.63, 3.8) is 0 Å². The molecule has 0 bridgehead atoms. The second kappa shape index (κ2) is 6.30. The van der Waals surface area contributed by atoms with E-state index in [1.54, 1.807) is 30.7 Å². The highest BCUT2D eigenvalue weighted by Crippen LogP contribution is 2.30. The van der Waals surface area contributed by atoms with Gasteiger partial charge in [-0.25, -0.2) is 4.98 Å². The summed E-state index contributed by atoms with van der Waals surface area (Å²) in [6.07, 6.45) is 3.17. The molecule has 0 aliphatic carbocycles. The molecule has 2 aromatic heterocycles. The van der Waals surface area contributed by atoms with E-state index >= 15 is 0 Å². The van der Waals surface area contributed by atoms with Crippen LogP contribution in [-0.4, -0.2) is 11.2 Å². The van der Waals surface area contributed by atoms with Crippen molar-refractivity contribution in [3.05, 3.63) is 57.8 Å². The number of benzene rings is 1. The number of rotatable bonds is 4. The van der Waals surface area contributed by atoms with Crippen LogP contribution >= 0.6 is 34.5 Å². The Labute approximate surface area is 135 Å². The molecule has 0 saturated carbocycles. The van der Waals surface area contributed by atoms with Gasteiger partial charge in [0, 0.05) is 10.9 Å². The summed E-state index contributed by atoms with van der Waals surface area (Å²) in [6, 6.07) is 9.02. The maximum absolute atomic E-state index is 6.01. The fourth-order valence-electron chi connectivity index (χ4n) is 1.63. The summed E-state index contributed by atoms with van der Waals surface area (Å²) in [7, 11) is 0. The topological polar surface area (TPSA) is 50.4 Å². The third-order valence-corrected chi connectivity index (χ3v) is 4.10. The van der Waals surface area contributed by atoms with E-state index in [0.717, 1.165) is 11.3 Å². The van der Waals surface area contributed by atoms with Crippen molar-refractivity contribution in [1.82, 2.24) is 4.98 Å². The lowest BCUT2D eigenvalue weighted by Crippen LogP contribution is -1.89. The lowest BCUT2D eigenvalue weighted by molar-refractivity contribution is 0.560. The average Bonchev–Trinajstić information content (AvgIpc) is 3.13. The van der Waals surface area contributed by atoms with Crippen LogP contribution < -0.4 is 5.43 Å². The molecule has 3 rings (SSSR count). The van der Waals surface area contributed by atoms with Gasteiger partial charge in [0.25, 0.3) is 0 Å². The van der Waals surface area contributed by atoms with E-state index in [4.69, 9.17) is 27.6 Å². The van der Waals surface area contributed by atoms with Gasteiger partial charge in [-0.15, -0.1) is 11.3 Å². The number of nitrogens with one attached hydrogen (secondary N) is 1. The molecular weight excluding hydrogens is 329 g/mol. The van der Waals surface area contributed by atoms with Crippen molar-refractivity contribution in [2.75, 3.05) is 5.43 Å². The van der Waals surface area contributed by atoms with Gasteiger partial charge in [-0.2, -0.15) is 5.10 Å². The lowest BCUT2D eigenvalue weighted by Gasteiger charge is -1.99. The SMILES string of the molecule is Clc1ccc(-c2csc(NN=Cc3ccco3)n2)cc1Cl. The third kappa shape index (κ3) is 3.44. The average molecular weight is 338 g/mol. The second-order valence-corrected chi connectivity index (χ2v) is 5.72. The van der Waals surface area contributed by atoms with E-state index in [1.165, 1.54) is 11.3 Å². The van der Waals surface area contributed by atoms with E-state index in [1.807, 2.05) is 17.5 Å². The van der Waals surface area contributed by atoms with Crippen LogP contribution in [-0.2, 0) is 0 Å². The minimum atomic E-state index is 0.507. The lowest BCUT2D eigenvalue weighted by atomic mass is 10.2. The Bertz CT molecular complexity index is 768. The van der Waals surface area contributed by atoms with E-state index in [0.29, 0.717) is 20.9 Å². The molecule has 0 spiro atoms. The van der Waals surface area contributed by atoms with Crippen molar-refractivity contribution in [1.29, 1.82) is 0 Å². The molecule has 21 heavy (non-hydrogen) atoms. The summed E-state index contributed by atoms with van der Waals surface area (Å²) < 4.78 is 5.14. The quantitative estimate of drug-likeness (QED) is 0.528. The zero-order valence-electron chi connectivity index (χ0n) is 10.6. The van der Waals surface area contributed by atoms with Crippen LogP contribution in [0.15, 0.2) is 51.5 Å². The fourth-order valence-corrected chi connectivity index (χ4v) is 2.60. The Balaban J connectivity index is 1.72. The summed E-state index contributed by atoms with van der Waals surface area (Å²) in [4.78, 5) is 4.43. The van der Waals surface area contributed by atoms with E-state index in [2.05, 4.69) is 15.5 Å². The molecule has 106 valence electrons. The standard InChI is InChI=1S/C14H9Cl2N3OS/c15-11-4-3-9(6-12(11)16)13-8-21-14(18-13)19-17-7-10-2-1-5-20-10/h1-8H,(H,18,19). The highest BCUT2D eigenvalue weighted by Gasteiger charge is 2.06. The normalized spacial score (nSPS) is 11.1. The van der Waals surface area contributed by atoms with Gasteiger partial charge in [0.2, 0.25) is 5.13 Å². The number of aromatic nitrogens is 1. The molecule has 7 heteroatoms. The first-order valence-electron chi connectivity index (χ1n) is 5.96. The summed E-state index contributed by atoms with van der Waals surface area (Å²) in [5.74, 6) is 0.670. The van der Waals surface area contributed by atoms with Gasteiger partial charge < -0.3 is 4.42 Å². The molecule has 1 aromatic carbocycles. The van der Waals surface area contributed by atoms with Crippen molar-refractivity contribution < 1.29 is 4.42 Å². The van der Waals surface area contributed by atoms with Crippen molar-refractivity contribution in [3.8, 4) is 11.3 Å². The van der Waals surface area contributed by atoms with Gasteiger partial charge >= 0.3 is 0 Å². The molecule has 0 saturated heterocycles. The van der Waals surface area contributed by atoms with Gasteiger partial charge in [0.1, 0.15) is 5.76 Å². The minimum absolute atomic E-state index is 0.507. The summed E-state index contributed by atoms with van der Waals surface area (Å²) in [6.45, 7) is 0. The monoisotopic (exact) mass is 337 g/mol. The maximum atomic E-state index is 6.01. The van der Waals surface area contributed by atoms with Crippen LogP contribution in [0.5, 0.6) is 0 Å². The predicted octanol–water partition coefficient (Wildman–Crippen LogP) is 5.16. The molecule has 2 heterocycles. The van der Waals surface area contributed by atoms with Crippen molar-refractivity contribution in [2.24, 2.45) is 5.10 Å². The van der Waals surface area contributed by atoms with Gasteiger partial charge in [-0.05, 0) is 24.3 Å². The Morgan fingerprint density at radius 2 is 2.14 bits per heavy atom. The van der Waals surface area contributed by atoms with Crippen LogP contribution in [0.2, 0.25) is 10.0 Å². The van der Waals surface area contributed by atoms with Crippen LogP contribution in [0.1, 0.15) is 5.76 Å². The number of anilines is 1. The van der Waals surface area contributed by atoms with E-state index < -0.39 is 0 Å². The highest BCUT2D eigenvalue weighted by molar-refractivity contribution is 7.14. The number of hydrogen-bond donors (Lipinski definition) is 1. The number of hydrazone groups is 1. The van der Waals surface area contributed by atoms with Gasteiger partial charge in [0.05, 0.1) is 28.2 Å². The molecule has 1 N–H and O–H groups in total. The zero-order valence-corrected chi connectivity index (χ0v) is 12.9. The Hall–Kier alpha value is -1.82. The molecule has 0 radical (unpaired) electrons. The van der Waals surface area contributed by atoms with Crippen LogP contribution in [0, 0.1) is 0 Å². The van der Waals surface area contributed by atoms with E-state index in [9.17, 15) is 0 Å². The molecule has 3 aromatic rings. The number of hydrogen-bond acceptors (Lipinski definition) is 5. The van der Waals surface area contributed by atoms with Crippen LogP contribution in [0.25, 0.3) is 11.3 Å². The van der Waals surface area contributed by atoms with Gasteiger partial charge in [-0.3, -0.25) is 5.43 Å². The third-order valence-electron chi connectivity index (χ3n) is 2.61. The summed E-state index contributed by atoms with van der Waals surface area (Å²) >= 11 is 13.4. The first kappa shape index (κ1) is 14.1. The highest BCUT2D eigenvalue weighted by atomic mass is 35.5. The number of furan rings is 1. The van der Waals surface area contributed by atoms with Crippen molar-refractivity contribution >= 4 is 45.9 Å². The molecule has 0 amide bonds. The molecule has 4 nitrogen and oxygen atoms in total. The van der Waals surface area contributed by atoms with E-state index in [-0.39, 0.29) is 0 Å². The molecular formula is C14H9Cl2N3OS. The molecule has 0 fully saturated rings. The Morgan fingerprint density at radius 1 is 1.24 bits per heavy atom. The smallest absolute Gasteiger partial charge is 0.203 e. The molecule has 0 atom stereocenters. The van der Waals surface area contributed by atoms with Crippen LogP contribution in [0.4, 0.5) is 5.13 Å². The first-order valence-corrected chi connectivity index (χ1v) is 7.59. The Kier molecular flexibility index (Phi) is 4.24. The maximum Gasteiger partial charge on any atom is 0.203 e. The number of nitrogens with zero attached hydrogens (tertiary/aromatic N) is 2. The number of halogens is 2. The zero-order chi connectivity index (χ0) is 14.7. The number of thiazole rings is 1. The van der Waals surface area contributed by atoms with Gasteiger partial charge in [0.15, 0.2) is 0 Å². The molecule has 0 unspecified atom stereocenters. The minimum Gasteiger partial charge on any atom is -0.463 e. The molecule has 0 aliphatic heterocycles. The van der Waals surface area contributed by atoms with Crippen LogP contribution in [0.3, 0.4) is 0 Å². The second-order valence-electron chi connectivity index (χ2n) is 4.05. The first-order chi connectivity index (χ1) is 10.2. The predicted molar refractivity (Wildman–Crippen MR) is 87.5 cm³/mol. The largest absolute Gasteiger partial charge is 0.463 e.